The highest BCUT2D eigenvalue weighted by atomic mass is 19.1. The molecule has 0 spiro atoms. The first-order valence-corrected chi connectivity index (χ1v) is 7.23. The van der Waals surface area contributed by atoms with Gasteiger partial charge < -0.3 is 15.2 Å². The van der Waals surface area contributed by atoms with E-state index in [1.165, 1.54) is 25.1 Å². The Balaban J connectivity index is 1.76. The first-order valence-electron chi connectivity index (χ1n) is 7.23. The van der Waals surface area contributed by atoms with Gasteiger partial charge in [-0.15, -0.1) is 0 Å². The number of halogens is 1. The van der Waals surface area contributed by atoms with E-state index in [-0.39, 0.29) is 18.0 Å². The summed E-state index contributed by atoms with van der Waals surface area (Å²) in [7, 11) is 0. The normalized spacial score (nSPS) is 10.6. The zero-order chi connectivity index (χ0) is 17.1. The molecule has 0 saturated heterocycles. The summed E-state index contributed by atoms with van der Waals surface area (Å²) in [6.07, 6.45) is -0.0547. The van der Waals surface area contributed by atoms with Gasteiger partial charge in [-0.2, -0.15) is 0 Å². The quantitative estimate of drug-likeness (QED) is 0.771. The minimum absolute atomic E-state index is 0.0148. The lowest BCUT2D eigenvalue weighted by molar-refractivity contribution is -0.116. The smallest absolute Gasteiger partial charge is 0.230 e. The first kappa shape index (κ1) is 15.7. The van der Waals surface area contributed by atoms with Crippen LogP contribution in [0.25, 0.3) is 11.0 Å². The van der Waals surface area contributed by atoms with Gasteiger partial charge in [0.1, 0.15) is 11.5 Å². The Hall–Kier alpha value is -3.22. The second kappa shape index (κ2) is 6.49. The predicted molar refractivity (Wildman–Crippen MR) is 87.0 cm³/mol. The van der Waals surface area contributed by atoms with Gasteiger partial charge in [0.05, 0.1) is 12.1 Å². The van der Waals surface area contributed by atoms with Crippen LogP contribution in [0.2, 0.25) is 0 Å². The summed E-state index contributed by atoms with van der Waals surface area (Å²) in [6.45, 7) is 1.34. The molecule has 0 unspecified atom stereocenters. The number of aromatic nitrogens is 1. The standard InChI is InChI=1S/C17H14FN3O3/c1-10(22)19-11-6-7-13(18)15(8-11)20-17(23)9-14-12-4-2-3-5-16(12)24-21-14/h2-8H,9H2,1H3,(H,19,22)(H,20,23). The van der Waals surface area contributed by atoms with E-state index >= 15 is 0 Å². The van der Waals surface area contributed by atoms with E-state index in [9.17, 15) is 14.0 Å². The number of amides is 2. The van der Waals surface area contributed by atoms with E-state index in [0.717, 1.165) is 5.39 Å². The number of fused-ring (bicyclic) bond motifs is 1. The molecule has 0 aliphatic carbocycles. The van der Waals surface area contributed by atoms with Crippen molar-refractivity contribution in [2.45, 2.75) is 13.3 Å². The molecule has 2 N–H and O–H groups in total. The summed E-state index contributed by atoms with van der Waals surface area (Å²) < 4.78 is 19.0. The van der Waals surface area contributed by atoms with Crippen molar-refractivity contribution in [3.63, 3.8) is 0 Å². The second-order valence-corrected chi connectivity index (χ2v) is 5.23. The molecule has 122 valence electrons. The maximum absolute atomic E-state index is 13.8. The number of rotatable bonds is 4. The molecule has 0 fully saturated rings. The summed E-state index contributed by atoms with van der Waals surface area (Å²) in [5, 5.41) is 9.62. The molecule has 0 aliphatic rings. The predicted octanol–water partition coefficient (Wildman–Crippen LogP) is 3.11. The lowest BCUT2D eigenvalue weighted by Crippen LogP contribution is -2.16. The van der Waals surface area contributed by atoms with E-state index in [1.54, 1.807) is 18.2 Å². The maximum atomic E-state index is 13.8. The molecule has 24 heavy (non-hydrogen) atoms. The zero-order valence-electron chi connectivity index (χ0n) is 12.8. The third kappa shape index (κ3) is 3.40. The number of carbonyl (C=O) groups is 2. The third-order valence-corrected chi connectivity index (χ3v) is 3.34. The number of para-hydroxylation sites is 1. The average molecular weight is 327 g/mol. The maximum Gasteiger partial charge on any atom is 0.230 e. The van der Waals surface area contributed by atoms with Crippen LogP contribution in [-0.2, 0) is 16.0 Å². The van der Waals surface area contributed by atoms with Crippen molar-refractivity contribution in [2.24, 2.45) is 0 Å². The van der Waals surface area contributed by atoms with Crippen LogP contribution in [0.4, 0.5) is 15.8 Å². The number of anilines is 2. The molecule has 2 amide bonds. The fourth-order valence-electron chi connectivity index (χ4n) is 2.31. The van der Waals surface area contributed by atoms with E-state index in [4.69, 9.17) is 4.52 Å². The lowest BCUT2D eigenvalue weighted by atomic mass is 10.1. The molecule has 3 rings (SSSR count). The molecule has 1 aromatic heterocycles. The van der Waals surface area contributed by atoms with Crippen LogP contribution in [0.1, 0.15) is 12.6 Å². The van der Waals surface area contributed by atoms with Gasteiger partial charge in [0.2, 0.25) is 11.8 Å². The number of hydrogen-bond acceptors (Lipinski definition) is 4. The zero-order valence-corrected chi connectivity index (χ0v) is 12.8. The number of benzene rings is 2. The molecular weight excluding hydrogens is 313 g/mol. The number of carbonyl (C=O) groups excluding carboxylic acids is 2. The van der Waals surface area contributed by atoms with Gasteiger partial charge in [-0.3, -0.25) is 9.59 Å². The summed E-state index contributed by atoms with van der Waals surface area (Å²) in [5.41, 5.74) is 1.44. The minimum atomic E-state index is -0.595. The van der Waals surface area contributed by atoms with Crippen LogP contribution in [0.3, 0.4) is 0 Å². The molecule has 0 saturated carbocycles. The van der Waals surface area contributed by atoms with Gasteiger partial charge in [0.25, 0.3) is 0 Å². The molecule has 3 aromatic rings. The van der Waals surface area contributed by atoms with Crippen molar-refractivity contribution in [1.82, 2.24) is 5.16 Å². The lowest BCUT2D eigenvalue weighted by Gasteiger charge is -2.08. The molecule has 2 aromatic carbocycles. The third-order valence-electron chi connectivity index (χ3n) is 3.34. The van der Waals surface area contributed by atoms with Crippen LogP contribution < -0.4 is 10.6 Å². The molecular formula is C17H14FN3O3. The Morgan fingerprint density at radius 1 is 1.17 bits per heavy atom. The Morgan fingerprint density at radius 3 is 2.75 bits per heavy atom. The largest absolute Gasteiger partial charge is 0.356 e. The second-order valence-electron chi connectivity index (χ2n) is 5.23. The van der Waals surface area contributed by atoms with Crippen LogP contribution >= 0.6 is 0 Å². The van der Waals surface area contributed by atoms with E-state index < -0.39 is 11.7 Å². The molecule has 7 heteroatoms. The summed E-state index contributed by atoms with van der Waals surface area (Å²) in [6, 6.07) is 11.1. The Morgan fingerprint density at radius 2 is 1.96 bits per heavy atom. The molecule has 1 heterocycles. The van der Waals surface area contributed by atoms with E-state index in [2.05, 4.69) is 15.8 Å². The summed E-state index contributed by atoms with van der Waals surface area (Å²) in [5.74, 6) is -1.32. The molecule has 0 bridgehead atoms. The van der Waals surface area contributed by atoms with Crippen molar-refractivity contribution in [3.8, 4) is 0 Å². The number of hydrogen-bond donors (Lipinski definition) is 2. The molecule has 0 atom stereocenters. The monoisotopic (exact) mass is 327 g/mol. The average Bonchev–Trinajstić information content (AvgIpc) is 2.93. The van der Waals surface area contributed by atoms with Crippen molar-refractivity contribution in [3.05, 3.63) is 54.0 Å². The van der Waals surface area contributed by atoms with Crippen molar-refractivity contribution < 1.29 is 18.5 Å². The highest BCUT2D eigenvalue weighted by Crippen LogP contribution is 2.21. The van der Waals surface area contributed by atoms with Gasteiger partial charge in [-0.1, -0.05) is 17.3 Å². The highest BCUT2D eigenvalue weighted by molar-refractivity contribution is 5.96. The van der Waals surface area contributed by atoms with Gasteiger partial charge in [0.15, 0.2) is 5.58 Å². The topological polar surface area (TPSA) is 84.2 Å². The van der Waals surface area contributed by atoms with Crippen LogP contribution in [0.15, 0.2) is 47.0 Å². The number of nitrogens with zero attached hydrogens (tertiary/aromatic N) is 1. The Kier molecular flexibility index (Phi) is 4.24. The molecule has 0 radical (unpaired) electrons. The summed E-state index contributed by atoms with van der Waals surface area (Å²) >= 11 is 0. The fraction of sp³-hybridized carbons (Fsp3) is 0.118. The minimum Gasteiger partial charge on any atom is -0.356 e. The van der Waals surface area contributed by atoms with Crippen LogP contribution in [0, 0.1) is 5.82 Å². The molecule has 0 aliphatic heterocycles. The van der Waals surface area contributed by atoms with Crippen molar-refractivity contribution >= 4 is 34.2 Å². The number of nitrogens with one attached hydrogen (secondary N) is 2. The first-order chi connectivity index (χ1) is 11.5. The van der Waals surface area contributed by atoms with Gasteiger partial charge in [-0.05, 0) is 30.3 Å². The van der Waals surface area contributed by atoms with Crippen LogP contribution in [0.5, 0.6) is 0 Å². The summed E-state index contributed by atoms with van der Waals surface area (Å²) in [4.78, 5) is 23.2. The highest BCUT2D eigenvalue weighted by Gasteiger charge is 2.14. The van der Waals surface area contributed by atoms with E-state index in [1.807, 2.05) is 6.07 Å². The van der Waals surface area contributed by atoms with Crippen molar-refractivity contribution in [1.29, 1.82) is 0 Å². The molecule has 6 nitrogen and oxygen atoms in total. The Labute approximate surface area is 136 Å². The van der Waals surface area contributed by atoms with Crippen molar-refractivity contribution in [2.75, 3.05) is 10.6 Å². The Bertz CT molecular complexity index is 920. The van der Waals surface area contributed by atoms with Gasteiger partial charge in [-0.25, -0.2) is 4.39 Å². The SMILES string of the molecule is CC(=O)Nc1ccc(F)c(NC(=O)Cc2noc3ccccc23)c1. The van der Waals surface area contributed by atoms with Gasteiger partial charge >= 0.3 is 0 Å². The fourth-order valence-corrected chi connectivity index (χ4v) is 2.31. The van der Waals surface area contributed by atoms with Crippen LogP contribution in [-0.4, -0.2) is 17.0 Å². The van der Waals surface area contributed by atoms with Gasteiger partial charge in [0, 0.05) is 18.0 Å². The van der Waals surface area contributed by atoms with E-state index in [0.29, 0.717) is 17.0 Å².